The van der Waals surface area contributed by atoms with E-state index in [4.69, 9.17) is 19.2 Å². The number of methoxy groups -OCH3 is 1. The molecule has 0 radical (unpaired) electrons. The van der Waals surface area contributed by atoms with Crippen LogP contribution in [-0.2, 0) is 25.6 Å². The average molecular weight is 467 g/mol. The summed E-state index contributed by atoms with van der Waals surface area (Å²) in [4.78, 5) is 33.9. The zero-order chi connectivity index (χ0) is 24.5. The third kappa shape index (κ3) is 5.26. The Morgan fingerprint density at radius 2 is 2.06 bits per heavy atom. The van der Waals surface area contributed by atoms with Crippen molar-refractivity contribution in [1.29, 1.82) is 0 Å². The Bertz CT molecular complexity index is 1220. The van der Waals surface area contributed by atoms with Crippen molar-refractivity contribution in [2.45, 2.75) is 52.2 Å². The topological polar surface area (TPSA) is 105 Å². The smallest absolute Gasteiger partial charge is 0.419 e. The average Bonchev–Trinajstić information content (AvgIpc) is 3.40. The summed E-state index contributed by atoms with van der Waals surface area (Å²) >= 11 is 0. The SMILES string of the molecule is COCc1cc(-c2cn(C(=O)OC(C)(C)C)c3cnc(NC(C)=O)cc23)nc(C2CCOC2)c1. The van der Waals surface area contributed by atoms with Gasteiger partial charge in [-0.05, 0) is 51.0 Å². The van der Waals surface area contributed by atoms with Crippen LogP contribution in [-0.4, -0.2) is 52.5 Å². The number of amides is 1. The van der Waals surface area contributed by atoms with Gasteiger partial charge in [0.05, 0.1) is 30.6 Å². The molecular formula is C25H30N4O5. The maximum atomic E-state index is 13.0. The molecule has 0 bridgehead atoms. The number of carbonyl (C=O) groups excluding carboxylic acids is 2. The van der Waals surface area contributed by atoms with Gasteiger partial charge in [0, 0.05) is 49.4 Å². The fourth-order valence-electron chi connectivity index (χ4n) is 4.01. The lowest BCUT2D eigenvalue weighted by molar-refractivity contribution is -0.114. The Kier molecular flexibility index (Phi) is 6.67. The summed E-state index contributed by atoms with van der Waals surface area (Å²) in [7, 11) is 1.65. The molecule has 3 aromatic rings. The fraction of sp³-hybridized carbons (Fsp3) is 0.440. The first-order chi connectivity index (χ1) is 16.1. The van der Waals surface area contributed by atoms with Crippen molar-refractivity contribution in [2.75, 3.05) is 25.6 Å². The molecule has 1 N–H and O–H groups in total. The van der Waals surface area contributed by atoms with Crippen molar-refractivity contribution in [1.82, 2.24) is 14.5 Å². The van der Waals surface area contributed by atoms with Crippen LogP contribution in [0.1, 0.15) is 51.3 Å². The standard InChI is InChI=1S/C25H30N4O5/c1-15(30)27-23-10-18-19(12-29(22(18)11-26-23)24(31)34-25(2,3)4)21-9-16(13-32-5)8-20(28-21)17-6-7-33-14-17/h8-12,17H,6-7,13-14H2,1-5H3,(H,26,27,30). The van der Waals surface area contributed by atoms with Gasteiger partial charge in [0.25, 0.3) is 0 Å². The Morgan fingerprint density at radius 3 is 2.71 bits per heavy atom. The molecule has 0 aromatic carbocycles. The summed E-state index contributed by atoms with van der Waals surface area (Å²) in [5.41, 5.74) is 3.23. The first-order valence-corrected chi connectivity index (χ1v) is 11.2. The van der Waals surface area contributed by atoms with Crippen molar-refractivity contribution in [3.8, 4) is 11.3 Å². The van der Waals surface area contributed by atoms with E-state index >= 15 is 0 Å². The van der Waals surface area contributed by atoms with Gasteiger partial charge in [-0.15, -0.1) is 0 Å². The van der Waals surface area contributed by atoms with E-state index in [1.807, 2.05) is 32.9 Å². The van der Waals surface area contributed by atoms with E-state index < -0.39 is 11.7 Å². The highest BCUT2D eigenvalue weighted by Crippen LogP contribution is 2.34. The second kappa shape index (κ2) is 9.52. The normalized spacial score (nSPS) is 16.1. The van der Waals surface area contributed by atoms with Gasteiger partial charge in [-0.2, -0.15) is 0 Å². The highest BCUT2D eigenvalue weighted by molar-refractivity contribution is 6.01. The molecule has 9 nitrogen and oxygen atoms in total. The van der Waals surface area contributed by atoms with Gasteiger partial charge in [0.2, 0.25) is 5.91 Å². The molecule has 180 valence electrons. The number of nitrogens with zero attached hydrogens (tertiary/aromatic N) is 3. The van der Waals surface area contributed by atoms with Crippen molar-refractivity contribution in [2.24, 2.45) is 0 Å². The number of nitrogens with one attached hydrogen (secondary N) is 1. The first-order valence-electron chi connectivity index (χ1n) is 11.2. The number of pyridine rings is 2. The molecule has 1 aliphatic rings. The highest BCUT2D eigenvalue weighted by atomic mass is 16.6. The summed E-state index contributed by atoms with van der Waals surface area (Å²) in [6.45, 7) is 8.63. The molecule has 4 rings (SSSR count). The van der Waals surface area contributed by atoms with Crippen LogP contribution >= 0.6 is 0 Å². The fourth-order valence-corrected chi connectivity index (χ4v) is 4.01. The summed E-state index contributed by atoms with van der Waals surface area (Å²) < 4.78 is 18.0. The second-order valence-electron chi connectivity index (χ2n) is 9.44. The van der Waals surface area contributed by atoms with Crippen molar-refractivity contribution < 1.29 is 23.8 Å². The number of hydrogen-bond acceptors (Lipinski definition) is 7. The molecule has 1 saturated heterocycles. The van der Waals surface area contributed by atoms with E-state index in [0.29, 0.717) is 36.8 Å². The quantitative estimate of drug-likeness (QED) is 0.591. The molecule has 34 heavy (non-hydrogen) atoms. The van der Waals surface area contributed by atoms with Crippen molar-refractivity contribution in [3.05, 3.63) is 41.9 Å². The van der Waals surface area contributed by atoms with E-state index in [9.17, 15) is 9.59 Å². The first kappa shape index (κ1) is 23.8. The number of aromatic nitrogens is 3. The van der Waals surface area contributed by atoms with Crippen LogP contribution in [0.15, 0.2) is 30.6 Å². The van der Waals surface area contributed by atoms with E-state index in [2.05, 4.69) is 10.3 Å². The van der Waals surface area contributed by atoms with Gasteiger partial charge in [-0.3, -0.25) is 14.3 Å². The summed E-state index contributed by atoms with van der Waals surface area (Å²) in [5, 5.41) is 3.43. The zero-order valence-corrected chi connectivity index (χ0v) is 20.2. The van der Waals surface area contributed by atoms with Gasteiger partial charge >= 0.3 is 6.09 Å². The lowest BCUT2D eigenvalue weighted by Gasteiger charge is -2.19. The molecule has 1 aliphatic heterocycles. The third-order valence-electron chi connectivity index (χ3n) is 5.42. The van der Waals surface area contributed by atoms with Crippen molar-refractivity contribution >= 4 is 28.7 Å². The van der Waals surface area contributed by atoms with Crippen LogP contribution < -0.4 is 5.32 Å². The lowest BCUT2D eigenvalue weighted by atomic mass is 10.0. The van der Waals surface area contributed by atoms with Crippen LogP contribution in [0.5, 0.6) is 0 Å². The molecule has 1 unspecified atom stereocenters. The van der Waals surface area contributed by atoms with Crippen LogP contribution in [0.2, 0.25) is 0 Å². The highest BCUT2D eigenvalue weighted by Gasteiger charge is 2.24. The van der Waals surface area contributed by atoms with Crippen molar-refractivity contribution in [3.63, 3.8) is 0 Å². The van der Waals surface area contributed by atoms with Crippen LogP contribution in [0.3, 0.4) is 0 Å². The van der Waals surface area contributed by atoms with E-state index in [1.54, 1.807) is 25.6 Å². The number of fused-ring (bicyclic) bond motifs is 1. The van der Waals surface area contributed by atoms with E-state index in [1.165, 1.54) is 11.5 Å². The third-order valence-corrected chi connectivity index (χ3v) is 5.42. The molecule has 1 fully saturated rings. The summed E-state index contributed by atoms with van der Waals surface area (Å²) in [6, 6.07) is 5.75. The number of carbonyl (C=O) groups is 2. The molecule has 1 amide bonds. The Labute approximate surface area is 198 Å². The minimum atomic E-state index is -0.663. The maximum absolute atomic E-state index is 13.0. The molecule has 9 heteroatoms. The molecule has 0 aliphatic carbocycles. The number of anilines is 1. The van der Waals surface area contributed by atoms with Crippen LogP contribution in [0, 0.1) is 0 Å². The zero-order valence-electron chi connectivity index (χ0n) is 20.2. The largest absolute Gasteiger partial charge is 0.443 e. The second-order valence-corrected chi connectivity index (χ2v) is 9.44. The Morgan fingerprint density at radius 1 is 1.26 bits per heavy atom. The molecule has 4 heterocycles. The molecule has 0 spiro atoms. The Balaban J connectivity index is 1.89. The lowest BCUT2D eigenvalue weighted by Crippen LogP contribution is -2.26. The van der Waals surface area contributed by atoms with E-state index in [-0.39, 0.29) is 11.8 Å². The van der Waals surface area contributed by atoms with Gasteiger partial charge in [0.15, 0.2) is 0 Å². The number of rotatable bonds is 5. The Hall–Kier alpha value is -3.30. The van der Waals surface area contributed by atoms with E-state index in [0.717, 1.165) is 28.6 Å². The number of hydrogen-bond donors (Lipinski definition) is 1. The van der Waals surface area contributed by atoms with Crippen LogP contribution in [0.25, 0.3) is 22.2 Å². The van der Waals surface area contributed by atoms with Crippen LogP contribution in [0.4, 0.5) is 10.6 Å². The molecule has 1 atom stereocenters. The predicted molar refractivity (Wildman–Crippen MR) is 128 cm³/mol. The molecule has 0 saturated carbocycles. The van der Waals surface area contributed by atoms with Gasteiger partial charge in [-0.1, -0.05) is 0 Å². The van der Waals surface area contributed by atoms with Gasteiger partial charge in [-0.25, -0.2) is 9.78 Å². The molecular weight excluding hydrogens is 436 g/mol. The predicted octanol–water partition coefficient (Wildman–Crippen LogP) is 4.49. The number of ether oxygens (including phenoxy) is 3. The summed E-state index contributed by atoms with van der Waals surface area (Å²) in [5.74, 6) is 0.357. The van der Waals surface area contributed by atoms with Gasteiger partial charge in [0.1, 0.15) is 11.4 Å². The summed E-state index contributed by atoms with van der Waals surface area (Å²) in [6.07, 6.45) is 3.65. The maximum Gasteiger partial charge on any atom is 0.419 e. The molecule has 3 aromatic heterocycles. The monoisotopic (exact) mass is 466 g/mol. The van der Waals surface area contributed by atoms with Gasteiger partial charge < -0.3 is 19.5 Å². The minimum Gasteiger partial charge on any atom is -0.443 e. The minimum absolute atomic E-state index is 0.200.